The van der Waals surface area contributed by atoms with Crippen LogP contribution in [0.1, 0.15) is 44.2 Å². The normalized spacial score (nSPS) is 26.3. The highest BCUT2D eigenvalue weighted by atomic mass is 32.3. The zero-order valence-electron chi connectivity index (χ0n) is 21.3. The van der Waals surface area contributed by atoms with Crippen molar-refractivity contribution in [3.63, 3.8) is 0 Å². The average molecular weight is 523 g/mol. The van der Waals surface area contributed by atoms with Gasteiger partial charge in [0.2, 0.25) is 0 Å². The van der Waals surface area contributed by atoms with Gasteiger partial charge in [0.15, 0.2) is 5.82 Å². The molecule has 0 spiro atoms. The number of hydrogen-bond acceptors (Lipinski definition) is 4. The lowest BCUT2D eigenvalue weighted by molar-refractivity contribution is -0.0136. The van der Waals surface area contributed by atoms with E-state index in [1.54, 1.807) is 31.3 Å². The number of pyridine rings is 1. The predicted octanol–water partition coefficient (Wildman–Crippen LogP) is 4.47. The number of benzene rings is 1. The summed E-state index contributed by atoms with van der Waals surface area (Å²) in [6, 6.07) is 8.87. The minimum absolute atomic E-state index is 0.223. The second-order valence-corrected chi connectivity index (χ2v) is 14.3. The molecule has 7 nitrogen and oxygen atoms in total. The van der Waals surface area contributed by atoms with Crippen LogP contribution < -0.4 is 8.61 Å². The molecule has 1 aliphatic carbocycles. The van der Waals surface area contributed by atoms with Crippen molar-refractivity contribution in [3.8, 4) is 0 Å². The van der Waals surface area contributed by atoms with Crippen molar-refractivity contribution in [2.45, 2.75) is 63.0 Å². The van der Waals surface area contributed by atoms with Crippen LogP contribution in [0, 0.1) is 18.8 Å². The Kier molecular flexibility index (Phi) is 5.80. The summed E-state index contributed by atoms with van der Waals surface area (Å²) in [6.45, 7) is 7.51. The molecule has 1 aromatic heterocycles. The van der Waals surface area contributed by atoms with E-state index in [0.717, 1.165) is 31.5 Å². The van der Waals surface area contributed by atoms with Gasteiger partial charge in [0.1, 0.15) is 5.69 Å². The summed E-state index contributed by atoms with van der Waals surface area (Å²) in [7, 11) is -3.46. The Hall–Kier alpha value is -2.14. The summed E-state index contributed by atoms with van der Waals surface area (Å²) in [5, 5.41) is 10.3. The molecule has 0 radical (unpaired) electrons. The molecule has 2 aromatic rings. The van der Waals surface area contributed by atoms with Gasteiger partial charge >= 0.3 is 0 Å². The van der Waals surface area contributed by atoms with Crippen LogP contribution in [0.2, 0.25) is 0 Å². The quantitative estimate of drug-likeness (QED) is 0.585. The zero-order valence-corrected chi connectivity index (χ0v) is 22.1. The van der Waals surface area contributed by atoms with Crippen LogP contribution in [-0.4, -0.2) is 62.0 Å². The van der Waals surface area contributed by atoms with E-state index in [9.17, 15) is 22.6 Å². The van der Waals surface area contributed by atoms with E-state index >= 15 is 0 Å². The van der Waals surface area contributed by atoms with Gasteiger partial charge in [0.25, 0.3) is 5.92 Å². The lowest BCUT2D eigenvalue weighted by Crippen LogP contribution is -2.58. The minimum Gasteiger partial charge on any atom is -0.390 e. The first kappa shape index (κ1) is 25.5. The van der Waals surface area contributed by atoms with Crippen LogP contribution in [0.5, 0.6) is 0 Å². The largest absolute Gasteiger partial charge is 0.390 e. The van der Waals surface area contributed by atoms with Gasteiger partial charge in [0, 0.05) is 38.7 Å². The lowest BCUT2D eigenvalue weighted by atomic mass is 9.83. The summed E-state index contributed by atoms with van der Waals surface area (Å²) < 4.78 is 57.7. The summed E-state index contributed by atoms with van der Waals surface area (Å²) in [6.07, 6.45) is 3.02. The number of piperidine rings is 1. The maximum Gasteiger partial charge on any atom is 0.253 e. The van der Waals surface area contributed by atoms with Gasteiger partial charge in [-0.2, -0.15) is 4.21 Å². The monoisotopic (exact) mass is 522 g/mol. The van der Waals surface area contributed by atoms with Gasteiger partial charge in [-0.05, 0) is 91.7 Å². The maximum absolute atomic E-state index is 15.0. The molecular formula is C26H36F2N4O3S. The van der Waals surface area contributed by atoms with Crippen LogP contribution in [-0.2, 0) is 16.3 Å². The van der Waals surface area contributed by atoms with Crippen LogP contribution in [0.25, 0.3) is 0 Å². The first-order valence-electron chi connectivity index (χ1n) is 12.5. The van der Waals surface area contributed by atoms with Gasteiger partial charge in [-0.3, -0.25) is 13.8 Å². The van der Waals surface area contributed by atoms with Gasteiger partial charge < -0.3 is 5.11 Å². The highest BCUT2D eigenvalue weighted by molar-refractivity contribution is 8.17. The molecule has 36 heavy (non-hydrogen) atoms. The molecule has 2 aliphatic heterocycles. The first-order valence-corrected chi connectivity index (χ1v) is 14.4. The lowest BCUT2D eigenvalue weighted by Gasteiger charge is -2.52. The molecule has 1 saturated carbocycles. The second-order valence-electron chi connectivity index (χ2n) is 11.2. The minimum atomic E-state index is -4.97. The number of nitrogens with zero attached hydrogens (tertiary/aromatic N) is 4. The van der Waals surface area contributed by atoms with Crippen molar-refractivity contribution < 1.29 is 22.6 Å². The number of alkyl halides is 2. The standard InChI is InChI=1S/C26H36F2N4O3S/c1-18-7-8-19(16-31-12-9-20(10-13-31)25(2,3)33)14-23(18)36(34,35)30(4)24-22(6-5-11-29-24)32(36)17-21-15-26(21,27)28/h5-8,11,14,20-21,33H,9-10,12-13,15-17H2,1-4H3,(H,34,35). The van der Waals surface area contributed by atoms with E-state index in [0.29, 0.717) is 23.6 Å². The van der Waals surface area contributed by atoms with Crippen LogP contribution in [0.4, 0.5) is 20.3 Å². The van der Waals surface area contributed by atoms with E-state index in [4.69, 9.17) is 0 Å². The second kappa shape index (κ2) is 8.18. The van der Waals surface area contributed by atoms with Crippen molar-refractivity contribution >= 4 is 21.2 Å². The maximum atomic E-state index is 15.0. The van der Waals surface area contributed by atoms with Crippen LogP contribution in [0.3, 0.4) is 0 Å². The summed E-state index contributed by atoms with van der Waals surface area (Å²) in [5.41, 5.74) is 1.19. The molecule has 1 saturated heterocycles. The molecule has 198 valence electrons. The number of aryl methyl sites for hydroxylation is 1. The van der Waals surface area contributed by atoms with Gasteiger partial charge in [-0.1, -0.05) is 12.1 Å². The third-order valence-electron chi connectivity index (χ3n) is 8.20. The van der Waals surface area contributed by atoms with Crippen molar-refractivity contribution in [1.29, 1.82) is 0 Å². The molecule has 10 heteroatoms. The molecule has 1 atom stereocenters. The van der Waals surface area contributed by atoms with E-state index in [1.807, 2.05) is 26.0 Å². The summed E-state index contributed by atoms with van der Waals surface area (Å²) >= 11 is 0. The molecule has 1 aromatic carbocycles. The van der Waals surface area contributed by atoms with Crippen molar-refractivity contribution in [2.75, 3.05) is 35.3 Å². The Morgan fingerprint density at radius 2 is 1.89 bits per heavy atom. The topological polar surface area (TPSA) is 80.1 Å². The van der Waals surface area contributed by atoms with E-state index in [1.165, 1.54) is 15.7 Å². The molecule has 2 N–H and O–H groups in total. The SMILES string of the molecule is Cc1ccc(CN2CCC(C(C)(C)O)CC2)cc1S1(=O)(O)N(C)c2ncccc2N1CC1CC1(F)F. The van der Waals surface area contributed by atoms with Crippen molar-refractivity contribution in [3.05, 3.63) is 47.7 Å². The molecular weight excluding hydrogens is 486 g/mol. The fourth-order valence-electron chi connectivity index (χ4n) is 5.66. The molecule has 1 unspecified atom stereocenters. The zero-order chi connectivity index (χ0) is 26.1. The number of aliphatic hydroxyl groups is 1. The highest BCUT2D eigenvalue weighted by Gasteiger charge is 2.61. The Morgan fingerprint density at radius 1 is 1.22 bits per heavy atom. The van der Waals surface area contributed by atoms with Crippen LogP contribution >= 0.6 is 0 Å². The summed E-state index contributed by atoms with van der Waals surface area (Å²) in [5.74, 6) is -3.25. The Balaban J connectivity index is 1.48. The van der Waals surface area contributed by atoms with Crippen LogP contribution in [0.15, 0.2) is 41.4 Å². The number of anilines is 2. The van der Waals surface area contributed by atoms with E-state index in [2.05, 4.69) is 9.88 Å². The van der Waals surface area contributed by atoms with E-state index in [-0.39, 0.29) is 23.8 Å². The van der Waals surface area contributed by atoms with E-state index < -0.39 is 27.2 Å². The third-order valence-corrected chi connectivity index (χ3v) is 11.7. The number of likely N-dealkylation sites (tertiary alicyclic amines) is 1. The number of hydrogen-bond donors (Lipinski definition) is 2. The predicted molar refractivity (Wildman–Crippen MR) is 138 cm³/mol. The number of halogens is 2. The highest BCUT2D eigenvalue weighted by Crippen LogP contribution is 2.57. The molecule has 2 fully saturated rings. The third kappa shape index (κ3) is 4.02. The van der Waals surface area contributed by atoms with Crippen molar-refractivity contribution in [1.82, 2.24) is 9.88 Å². The Morgan fingerprint density at radius 3 is 2.50 bits per heavy atom. The smallest absolute Gasteiger partial charge is 0.253 e. The molecule has 3 heterocycles. The van der Waals surface area contributed by atoms with Crippen molar-refractivity contribution in [2.24, 2.45) is 11.8 Å². The first-order chi connectivity index (χ1) is 16.7. The average Bonchev–Trinajstić information content (AvgIpc) is 3.38. The number of fused-ring (bicyclic) bond motifs is 1. The molecule has 0 bridgehead atoms. The fourth-order valence-corrected chi connectivity index (χ4v) is 8.87. The van der Waals surface area contributed by atoms with Gasteiger partial charge in [-0.25, -0.2) is 18.1 Å². The van der Waals surface area contributed by atoms with Gasteiger partial charge in [-0.15, -0.1) is 0 Å². The summed E-state index contributed by atoms with van der Waals surface area (Å²) in [4.78, 5) is 6.84. The fraction of sp³-hybridized carbons (Fsp3) is 0.577. The Labute approximate surface area is 211 Å². The number of aromatic nitrogens is 1. The van der Waals surface area contributed by atoms with Gasteiger partial charge in [0.05, 0.1) is 10.5 Å². The number of rotatable bonds is 6. The Bertz CT molecular complexity index is 1240. The molecule has 5 rings (SSSR count). The molecule has 3 aliphatic rings. The molecule has 0 amide bonds.